The van der Waals surface area contributed by atoms with Gasteiger partial charge in [-0.2, -0.15) is 14.3 Å². The number of hydrogen-bond donors (Lipinski definition) is 2. The van der Waals surface area contributed by atoms with Crippen molar-refractivity contribution in [3.8, 4) is 0 Å². The van der Waals surface area contributed by atoms with Crippen LogP contribution >= 0.6 is 11.6 Å². The van der Waals surface area contributed by atoms with Gasteiger partial charge in [0, 0.05) is 24.2 Å². The Morgan fingerprint density at radius 3 is 2.67 bits per heavy atom. The Hall–Kier alpha value is -2.43. The van der Waals surface area contributed by atoms with Crippen molar-refractivity contribution in [3.05, 3.63) is 35.6 Å². The number of aromatic nitrogens is 4. The molecule has 4 N–H and O–H groups in total. The highest BCUT2D eigenvalue weighted by molar-refractivity contribution is 7.89. The van der Waals surface area contributed by atoms with Crippen molar-refractivity contribution in [2.24, 2.45) is 0 Å². The number of anilines is 2. The summed E-state index contributed by atoms with van der Waals surface area (Å²) in [4.78, 5) is 12.6. The maximum atomic E-state index is 13.0. The number of halogens is 1. The predicted molar refractivity (Wildman–Crippen MR) is 103 cm³/mol. The van der Waals surface area contributed by atoms with Crippen molar-refractivity contribution in [2.75, 3.05) is 18.0 Å². The van der Waals surface area contributed by atoms with Gasteiger partial charge in [0.15, 0.2) is 11.5 Å². The van der Waals surface area contributed by atoms with Gasteiger partial charge >= 0.3 is 0 Å². The number of nitrogen functional groups attached to an aromatic ring is 2. The summed E-state index contributed by atoms with van der Waals surface area (Å²) in [6, 6.07) is 5.97. The molecular formula is C16H18ClN7O2S. The van der Waals surface area contributed by atoms with E-state index in [1.165, 1.54) is 16.4 Å². The lowest BCUT2D eigenvalue weighted by molar-refractivity contribution is 0.354. The first-order chi connectivity index (χ1) is 12.9. The van der Waals surface area contributed by atoms with Gasteiger partial charge in [0.1, 0.15) is 5.52 Å². The van der Waals surface area contributed by atoms with Gasteiger partial charge in [-0.15, -0.1) is 0 Å². The molecule has 3 aromatic rings. The molecule has 0 amide bonds. The smallest absolute Gasteiger partial charge is 0.243 e. The SMILES string of the molecule is Nc1nc(N)c2ncn(CC3CCCN3S(=O)(=O)c3ccc(Cl)cc3)c2n1. The van der Waals surface area contributed by atoms with Crippen LogP contribution in [0.1, 0.15) is 12.8 Å². The fourth-order valence-electron chi connectivity index (χ4n) is 3.39. The zero-order chi connectivity index (χ0) is 19.2. The largest absolute Gasteiger partial charge is 0.382 e. The van der Waals surface area contributed by atoms with Crippen LogP contribution in [0.25, 0.3) is 11.2 Å². The van der Waals surface area contributed by atoms with Crippen LogP contribution in [0, 0.1) is 0 Å². The average Bonchev–Trinajstić information content (AvgIpc) is 3.24. The van der Waals surface area contributed by atoms with Crippen molar-refractivity contribution in [3.63, 3.8) is 0 Å². The molecule has 1 aliphatic heterocycles. The van der Waals surface area contributed by atoms with Gasteiger partial charge in [-0.1, -0.05) is 11.6 Å². The molecule has 1 aromatic carbocycles. The first-order valence-electron chi connectivity index (χ1n) is 8.37. The van der Waals surface area contributed by atoms with E-state index in [9.17, 15) is 8.42 Å². The minimum atomic E-state index is -3.62. The van der Waals surface area contributed by atoms with Gasteiger partial charge < -0.3 is 16.0 Å². The highest BCUT2D eigenvalue weighted by atomic mass is 35.5. The number of imidazole rings is 1. The van der Waals surface area contributed by atoms with Gasteiger partial charge in [-0.3, -0.25) is 0 Å². The van der Waals surface area contributed by atoms with E-state index in [-0.39, 0.29) is 22.7 Å². The lowest BCUT2D eigenvalue weighted by Gasteiger charge is -2.24. The summed E-state index contributed by atoms with van der Waals surface area (Å²) in [5.74, 6) is 0.257. The van der Waals surface area contributed by atoms with Gasteiger partial charge in [-0.05, 0) is 37.1 Å². The van der Waals surface area contributed by atoms with Gasteiger partial charge in [0.2, 0.25) is 16.0 Å². The van der Waals surface area contributed by atoms with Crippen molar-refractivity contribution in [2.45, 2.75) is 30.3 Å². The Kier molecular flexibility index (Phi) is 4.41. The van der Waals surface area contributed by atoms with Gasteiger partial charge in [0.25, 0.3) is 0 Å². The Morgan fingerprint density at radius 2 is 1.93 bits per heavy atom. The number of fused-ring (bicyclic) bond motifs is 1. The quantitative estimate of drug-likeness (QED) is 0.669. The fourth-order valence-corrected chi connectivity index (χ4v) is 5.21. The topological polar surface area (TPSA) is 133 Å². The summed E-state index contributed by atoms with van der Waals surface area (Å²) in [5.41, 5.74) is 12.5. The zero-order valence-corrected chi connectivity index (χ0v) is 15.9. The van der Waals surface area contributed by atoms with Gasteiger partial charge in [-0.25, -0.2) is 13.4 Å². The van der Waals surface area contributed by atoms with E-state index in [4.69, 9.17) is 23.1 Å². The zero-order valence-electron chi connectivity index (χ0n) is 14.3. The van der Waals surface area contributed by atoms with Crippen LogP contribution in [0.4, 0.5) is 11.8 Å². The fraction of sp³-hybridized carbons (Fsp3) is 0.312. The number of nitrogens with zero attached hydrogens (tertiary/aromatic N) is 5. The Morgan fingerprint density at radius 1 is 1.19 bits per heavy atom. The van der Waals surface area contributed by atoms with E-state index in [2.05, 4.69) is 15.0 Å². The van der Waals surface area contributed by atoms with Crippen molar-refractivity contribution in [1.82, 2.24) is 23.8 Å². The Balaban J connectivity index is 1.65. The van der Waals surface area contributed by atoms with Crippen molar-refractivity contribution in [1.29, 1.82) is 0 Å². The Bertz CT molecular complexity index is 1100. The second-order valence-corrected chi connectivity index (χ2v) is 8.73. The molecule has 11 heteroatoms. The molecule has 1 saturated heterocycles. The van der Waals surface area contributed by atoms with Crippen LogP contribution < -0.4 is 11.5 Å². The predicted octanol–water partition coefficient (Wildman–Crippen LogP) is 1.50. The third-order valence-electron chi connectivity index (χ3n) is 4.66. The van der Waals surface area contributed by atoms with Crippen LogP contribution in [0.3, 0.4) is 0 Å². The maximum absolute atomic E-state index is 13.0. The normalized spacial score (nSPS) is 18.3. The van der Waals surface area contributed by atoms with Crippen molar-refractivity contribution < 1.29 is 8.42 Å². The summed E-state index contributed by atoms with van der Waals surface area (Å²) in [5, 5.41) is 0.492. The molecular weight excluding hydrogens is 390 g/mol. The first kappa shape index (κ1) is 18.0. The lowest BCUT2D eigenvalue weighted by Crippen LogP contribution is -2.38. The molecule has 0 saturated carbocycles. The molecule has 1 unspecified atom stereocenters. The van der Waals surface area contributed by atoms with Crippen LogP contribution in [-0.2, 0) is 16.6 Å². The van der Waals surface area contributed by atoms with E-state index in [0.29, 0.717) is 29.3 Å². The third-order valence-corrected chi connectivity index (χ3v) is 6.88. The van der Waals surface area contributed by atoms with Gasteiger partial charge in [0.05, 0.1) is 11.2 Å². The minimum Gasteiger partial charge on any atom is -0.382 e. The van der Waals surface area contributed by atoms with E-state index < -0.39 is 10.0 Å². The molecule has 3 heterocycles. The summed E-state index contributed by atoms with van der Waals surface area (Å²) in [6.07, 6.45) is 3.10. The summed E-state index contributed by atoms with van der Waals surface area (Å²) in [7, 11) is -3.62. The molecule has 1 fully saturated rings. The molecule has 4 rings (SSSR count). The highest BCUT2D eigenvalue weighted by Crippen LogP contribution is 2.28. The number of hydrogen-bond acceptors (Lipinski definition) is 7. The average molecular weight is 408 g/mol. The number of rotatable bonds is 4. The third kappa shape index (κ3) is 3.20. The van der Waals surface area contributed by atoms with Crippen molar-refractivity contribution >= 4 is 44.6 Å². The molecule has 142 valence electrons. The monoisotopic (exact) mass is 407 g/mol. The Labute approximate surface area is 161 Å². The van der Waals surface area contributed by atoms with Crippen LogP contribution in [0.15, 0.2) is 35.5 Å². The first-order valence-corrected chi connectivity index (χ1v) is 10.2. The molecule has 2 aromatic heterocycles. The molecule has 9 nitrogen and oxygen atoms in total. The molecule has 0 radical (unpaired) electrons. The molecule has 0 bridgehead atoms. The van der Waals surface area contributed by atoms with Crippen LogP contribution in [0.5, 0.6) is 0 Å². The minimum absolute atomic E-state index is 0.0545. The maximum Gasteiger partial charge on any atom is 0.243 e. The molecule has 1 atom stereocenters. The summed E-state index contributed by atoms with van der Waals surface area (Å²) in [6.45, 7) is 0.862. The standard InChI is InChI=1S/C16H18ClN7O2S/c17-10-3-5-12(6-4-10)27(25,26)24-7-1-2-11(24)8-23-9-20-13-14(18)21-16(19)22-15(13)23/h3-6,9,11H,1-2,7-8H2,(H4,18,19,21,22). The second-order valence-electron chi connectivity index (χ2n) is 6.40. The van der Waals surface area contributed by atoms with E-state index in [0.717, 1.165) is 12.8 Å². The van der Waals surface area contributed by atoms with E-state index >= 15 is 0 Å². The van der Waals surface area contributed by atoms with Crippen LogP contribution in [0.2, 0.25) is 5.02 Å². The summed E-state index contributed by atoms with van der Waals surface area (Å²) < 4.78 is 29.4. The summed E-state index contributed by atoms with van der Waals surface area (Å²) >= 11 is 5.87. The molecule has 0 aliphatic carbocycles. The van der Waals surface area contributed by atoms with E-state index in [1.54, 1.807) is 23.0 Å². The number of sulfonamides is 1. The number of benzene rings is 1. The highest BCUT2D eigenvalue weighted by Gasteiger charge is 2.35. The number of nitrogens with two attached hydrogens (primary N) is 2. The van der Waals surface area contributed by atoms with Crippen LogP contribution in [-0.4, -0.2) is 44.8 Å². The molecule has 27 heavy (non-hydrogen) atoms. The second kappa shape index (κ2) is 6.63. The molecule has 1 aliphatic rings. The lowest BCUT2D eigenvalue weighted by atomic mass is 10.2. The van der Waals surface area contributed by atoms with E-state index in [1.807, 2.05) is 0 Å². The molecule has 0 spiro atoms.